The fourth-order valence-electron chi connectivity index (χ4n) is 1.54. The minimum Gasteiger partial charge on any atom is -0.465 e. The fourth-order valence-corrected chi connectivity index (χ4v) is 2.10. The lowest BCUT2D eigenvalue weighted by Crippen LogP contribution is -2.02. The second kappa shape index (κ2) is 6.24. The number of hydrogen-bond donors (Lipinski definition) is 0. The van der Waals surface area contributed by atoms with Crippen LogP contribution in [0.4, 0.5) is 0 Å². The number of aromatic nitrogens is 1. The van der Waals surface area contributed by atoms with E-state index in [1.165, 1.54) is 13.3 Å². The third-order valence-electron chi connectivity index (χ3n) is 2.66. The van der Waals surface area contributed by atoms with Crippen LogP contribution >= 0.6 is 27.5 Å². The van der Waals surface area contributed by atoms with Crippen molar-refractivity contribution in [3.63, 3.8) is 0 Å². The first-order valence-corrected chi connectivity index (χ1v) is 6.87. The highest BCUT2D eigenvalue weighted by molar-refractivity contribution is 9.10. The molecule has 0 fully saturated rings. The molecule has 1 aromatic heterocycles. The zero-order chi connectivity index (χ0) is 14.7. The van der Waals surface area contributed by atoms with E-state index in [9.17, 15) is 4.79 Å². The Morgan fingerprint density at radius 2 is 2.05 bits per heavy atom. The van der Waals surface area contributed by atoms with Crippen LogP contribution in [0.25, 0.3) is 0 Å². The molecule has 2 rings (SSSR count). The Morgan fingerprint density at radius 1 is 1.30 bits per heavy atom. The van der Waals surface area contributed by atoms with Crippen molar-refractivity contribution in [1.29, 1.82) is 0 Å². The topological polar surface area (TPSA) is 48.4 Å². The molecule has 0 N–H and O–H groups in total. The molecular weight excluding hydrogens is 346 g/mol. The van der Waals surface area contributed by atoms with E-state index < -0.39 is 5.97 Å². The highest BCUT2D eigenvalue weighted by atomic mass is 79.9. The number of nitrogens with zero attached hydrogens (tertiary/aromatic N) is 1. The number of pyridine rings is 1. The summed E-state index contributed by atoms with van der Waals surface area (Å²) in [5, 5.41) is 0.490. The molecule has 0 aliphatic rings. The maximum Gasteiger partial charge on any atom is 0.339 e. The number of carbonyl (C=O) groups excluding carboxylic acids is 1. The molecule has 1 aromatic carbocycles. The van der Waals surface area contributed by atoms with E-state index in [1.807, 2.05) is 13.0 Å². The minimum atomic E-state index is -0.444. The molecule has 0 spiro atoms. The van der Waals surface area contributed by atoms with Gasteiger partial charge in [-0.3, -0.25) is 0 Å². The number of benzene rings is 1. The fraction of sp³-hybridized carbons (Fsp3) is 0.143. The van der Waals surface area contributed by atoms with Crippen LogP contribution < -0.4 is 4.74 Å². The number of carbonyl (C=O) groups is 1. The van der Waals surface area contributed by atoms with Crippen molar-refractivity contribution in [1.82, 2.24) is 4.98 Å². The molecule has 4 nitrogen and oxygen atoms in total. The zero-order valence-corrected chi connectivity index (χ0v) is 13.2. The van der Waals surface area contributed by atoms with Crippen LogP contribution in [0.5, 0.6) is 11.6 Å². The average Bonchev–Trinajstić information content (AvgIpc) is 2.47. The van der Waals surface area contributed by atoms with Gasteiger partial charge in [-0.05, 0) is 25.1 Å². The molecule has 0 amide bonds. The predicted molar refractivity (Wildman–Crippen MR) is 79.5 cm³/mol. The normalized spacial score (nSPS) is 10.2. The van der Waals surface area contributed by atoms with Crippen LogP contribution in [0.3, 0.4) is 0 Å². The number of hydrogen-bond acceptors (Lipinski definition) is 4. The molecule has 0 aliphatic carbocycles. The van der Waals surface area contributed by atoms with Gasteiger partial charge in [0.2, 0.25) is 5.88 Å². The van der Waals surface area contributed by atoms with Gasteiger partial charge in [-0.25, -0.2) is 9.78 Å². The summed E-state index contributed by atoms with van der Waals surface area (Å²) in [5.74, 6) is 0.431. The van der Waals surface area contributed by atoms with Gasteiger partial charge in [-0.2, -0.15) is 0 Å². The van der Waals surface area contributed by atoms with Gasteiger partial charge >= 0.3 is 5.97 Å². The van der Waals surface area contributed by atoms with Gasteiger partial charge in [0.1, 0.15) is 0 Å². The van der Waals surface area contributed by atoms with Gasteiger partial charge in [0.05, 0.1) is 17.7 Å². The zero-order valence-electron chi connectivity index (χ0n) is 10.8. The molecule has 0 bridgehead atoms. The number of ether oxygens (including phenoxy) is 2. The first-order chi connectivity index (χ1) is 9.52. The molecule has 0 atom stereocenters. The summed E-state index contributed by atoms with van der Waals surface area (Å²) in [7, 11) is 1.32. The number of rotatable bonds is 3. The molecule has 0 radical (unpaired) electrons. The molecule has 1 heterocycles. The summed E-state index contributed by atoms with van der Waals surface area (Å²) in [5.41, 5.74) is 1.23. The summed E-state index contributed by atoms with van der Waals surface area (Å²) < 4.78 is 11.2. The Labute approximate surface area is 129 Å². The van der Waals surface area contributed by atoms with Gasteiger partial charge in [-0.1, -0.05) is 27.5 Å². The predicted octanol–water partition coefficient (Wildman–Crippen LogP) is 4.38. The molecule has 0 saturated heterocycles. The van der Waals surface area contributed by atoms with Crippen LogP contribution in [-0.2, 0) is 4.74 Å². The van der Waals surface area contributed by atoms with E-state index in [0.717, 1.165) is 10.0 Å². The van der Waals surface area contributed by atoms with Crippen molar-refractivity contribution >= 4 is 33.5 Å². The van der Waals surface area contributed by atoms with Crippen LogP contribution in [0.1, 0.15) is 15.9 Å². The minimum absolute atomic E-state index is 0.348. The van der Waals surface area contributed by atoms with Gasteiger partial charge < -0.3 is 9.47 Å². The van der Waals surface area contributed by atoms with Crippen molar-refractivity contribution in [3.05, 3.63) is 51.1 Å². The molecule has 0 unspecified atom stereocenters. The first-order valence-electron chi connectivity index (χ1n) is 5.69. The first kappa shape index (κ1) is 14.8. The maximum atomic E-state index is 11.3. The van der Waals surface area contributed by atoms with Crippen molar-refractivity contribution in [2.24, 2.45) is 0 Å². The maximum absolute atomic E-state index is 11.3. The lowest BCUT2D eigenvalue weighted by atomic mass is 10.2. The Bertz CT molecular complexity index is 644. The van der Waals surface area contributed by atoms with E-state index in [1.54, 1.807) is 18.2 Å². The summed E-state index contributed by atoms with van der Waals surface area (Å²) in [6, 6.07) is 6.74. The van der Waals surface area contributed by atoms with E-state index >= 15 is 0 Å². The standard InChI is InChI=1S/C14H11BrClNO3/c1-8-10(15)4-5-11(16)13(8)20-12-6-3-9(7-17-12)14(18)19-2/h3-7H,1-2H3. The molecule has 0 saturated carbocycles. The van der Waals surface area contributed by atoms with E-state index in [-0.39, 0.29) is 0 Å². The SMILES string of the molecule is COC(=O)c1ccc(Oc2c(Cl)ccc(Br)c2C)nc1. The third-order valence-corrected chi connectivity index (χ3v) is 3.81. The summed E-state index contributed by atoms with van der Waals surface area (Å²) >= 11 is 9.52. The van der Waals surface area contributed by atoms with Crippen LogP contribution in [0.15, 0.2) is 34.9 Å². The van der Waals surface area contributed by atoms with E-state index in [2.05, 4.69) is 25.7 Å². The van der Waals surface area contributed by atoms with Crippen molar-refractivity contribution in [2.75, 3.05) is 7.11 Å². The molecular formula is C14H11BrClNO3. The number of halogens is 2. The number of methoxy groups -OCH3 is 1. The number of esters is 1. The molecule has 2 aromatic rings. The van der Waals surface area contributed by atoms with Gasteiger partial charge in [0.15, 0.2) is 5.75 Å². The molecule has 6 heteroatoms. The van der Waals surface area contributed by atoms with Crippen molar-refractivity contribution < 1.29 is 14.3 Å². The Balaban J connectivity index is 2.27. The van der Waals surface area contributed by atoms with Crippen LogP contribution in [-0.4, -0.2) is 18.1 Å². The largest absolute Gasteiger partial charge is 0.465 e. The third kappa shape index (κ3) is 3.11. The highest BCUT2D eigenvalue weighted by Gasteiger charge is 2.11. The Morgan fingerprint density at radius 3 is 2.65 bits per heavy atom. The summed E-state index contributed by atoms with van der Waals surface area (Å²) in [6.45, 7) is 1.88. The van der Waals surface area contributed by atoms with Gasteiger partial charge in [-0.15, -0.1) is 0 Å². The van der Waals surface area contributed by atoms with Crippen molar-refractivity contribution in [3.8, 4) is 11.6 Å². The quantitative estimate of drug-likeness (QED) is 0.766. The highest BCUT2D eigenvalue weighted by Crippen LogP contribution is 2.35. The van der Waals surface area contributed by atoms with E-state index in [4.69, 9.17) is 16.3 Å². The second-order valence-corrected chi connectivity index (χ2v) is 5.22. The summed E-state index contributed by atoms with van der Waals surface area (Å²) in [6.07, 6.45) is 1.39. The van der Waals surface area contributed by atoms with Crippen LogP contribution in [0.2, 0.25) is 5.02 Å². The monoisotopic (exact) mass is 355 g/mol. The molecule has 0 aliphatic heterocycles. The second-order valence-electron chi connectivity index (χ2n) is 3.96. The van der Waals surface area contributed by atoms with Gasteiger partial charge in [0.25, 0.3) is 0 Å². The van der Waals surface area contributed by atoms with E-state index in [0.29, 0.717) is 22.2 Å². The Hall–Kier alpha value is -1.59. The summed E-state index contributed by atoms with van der Waals surface area (Å²) in [4.78, 5) is 15.4. The van der Waals surface area contributed by atoms with Crippen LogP contribution in [0, 0.1) is 6.92 Å². The smallest absolute Gasteiger partial charge is 0.339 e. The molecule has 20 heavy (non-hydrogen) atoms. The lowest BCUT2D eigenvalue weighted by molar-refractivity contribution is 0.0600. The van der Waals surface area contributed by atoms with Crippen molar-refractivity contribution in [2.45, 2.75) is 6.92 Å². The molecule has 104 valence electrons. The Kier molecular flexibility index (Phi) is 4.62. The average molecular weight is 357 g/mol. The van der Waals surface area contributed by atoms with Gasteiger partial charge in [0, 0.05) is 22.3 Å². The lowest BCUT2D eigenvalue weighted by Gasteiger charge is -2.11.